The maximum absolute atomic E-state index is 8.42. The van der Waals surface area contributed by atoms with E-state index in [0.717, 1.165) is 0 Å². The van der Waals surface area contributed by atoms with E-state index in [9.17, 15) is 0 Å². The summed E-state index contributed by atoms with van der Waals surface area (Å²) in [5.74, 6) is 0. The molecule has 0 N–H and O–H groups in total. The van der Waals surface area contributed by atoms with Gasteiger partial charge in [0, 0.05) is 0 Å². The van der Waals surface area contributed by atoms with Crippen molar-refractivity contribution in [1.29, 1.82) is 0 Å². The van der Waals surface area contributed by atoms with Gasteiger partial charge in [-0.3, -0.25) is 7.32 Å². The van der Waals surface area contributed by atoms with E-state index < -0.39 is 7.32 Å². The summed E-state index contributed by atoms with van der Waals surface area (Å²) in [5.41, 5.74) is 0. The van der Waals surface area contributed by atoms with Crippen LogP contribution < -0.4 is 272 Å². The van der Waals surface area contributed by atoms with Gasteiger partial charge in [0.05, 0.1) is 0 Å². The van der Waals surface area contributed by atoms with Crippen LogP contribution in [-0.2, 0) is 0 Å². The molecule has 24 valence electrons. The molecule has 3 nitrogen and oxygen atoms in total. The van der Waals surface area contributed by atoms with Crippen LogP contribution in [0.15, 0.2) is 0 Å². The Morgan fingerprint density at radius 1 is 0.556 bits per heavy atom. The van der Waals surface area contributed by atoms with Crippen molar-refractivity contribution in [2.75, 3.05) is 0 Å². The van der Waals surface area contributed by atoms with Crippen LogP contribution in [0.1, 0.15) is 0 Å². The summed E-state index contributed by atoms with van der Waals surface area (Å²) >= 11 is 0. The second-order valence-corrected chi connectivity index (χ2v) is 0.289. The van der Waals surface area contributed by atoms with Gasteiger partial charge in [0.2, 0.25) is 0 Å². The van der Waals surface area contributed by atoms with Gasteiger partial charge in [-0.2, -0.15) is 0 Å². The Labute approximate surface area is 268 Å². The van der Waals surface area contributed by atoms with E-state index in [0.29, 0.717) is 0 Å². The molecule has 0 aliphatic heterocycles. The largest absolute Gasteiger partial charge is 1.00 e. The molecule has 0 aliphatic carbocycles. The standard InChI is InChI=1S/BO3.5K/c2-1(3)4;;;;;/q-3;5*+1. The maximum Gasteiger partial charge on any atom is 1.00 e. The molecule has 0 aromatic heterocycles. The second kappa shape index (κ2) is 29.8. The molecule has 0 saturated carbocycles. The van der Waals surface area contributed by atoms with Crippen LogP contribution in [0.3, 0.4) is 0 Å². The molecule has 0 aliphatic rings. The molecule has 0 spiro atoms. The normalized spacial score (nSPS) is 3.00. The molecule has 0 bridgehead atoms. The van der Waals surface area contributed by atoms with Crippen molar-refractivity contribution in [3.8, 4) is 0 Å². The van der Waals surface area contributed by atoms with Crippen molar-refractivity contribution < 1.29 is 272 Å². The van der Waals surface area contributed by atoms with Crippen molar-refractivity contribution >= 4 is 7.32 Å². The van der Waals surface area contributed by atoms with E-state index in [4.69, 9.17) is 15.1 Å². The maximum atomic E-state index is 8.42. The van der Waals surface area contributed by atoms with Crippen LogP contribution >= 0.6 is 0 Å². The van der Waals surface area contributed by atoms with Crippen LogP contribution in [0.2, 0.25) is 0 Å². The Morgan fingerprint density at radius 3 is 0.556 bits per heavy atom. The van der Waals surface area contributed by atoms with E-state index in [1.54, 1.807) is 0 Å². The second-order valence-electron chi connectivity index (χ2n) is 0.289. The Balaban J connectivity index is -0.00000000450. The smallest absolute Gasteiger partial charge is 0.907 e. The zero-order valence-corrected chi connectivity index (χ0v) is 22.4. The number of hydrogen-bond donors (Lipinski definition) is 0. The number of rotatable bonds is 0. The molecule has 0 atom stereocenters. The van der Waals surface area contributed by atoms with Gasteiger partial charge in [0.25, 0.3) is 0 Å². The van der Waals surface area contributed by atoms with Gasteiger partial charge >= 0.3 is 257 Å². The van der Waals surface area contributed by atoms with Gasteiger partial charge in [-0.05, 0) is 0 Å². The van der Waals surface area contributed by atoms with Gasteiger partial charge in [-0.15, -0.1) is 0 Å². The molecule has 0 fully saturated rings. The summed E-state index contributed by atoms with van der Waals surface area (Å²) in [4.78, 5) is 0. The van der Waals surface area contributed by atoms with E-state index in [1.165, 1.54) is 0 Å². The Bertz CT molecular complexity index is 16.9. The van der Waals surface area contributed by atoms with E-state index >= 15 is 0 Å². The third-order valence-corrected chi connectivity index (χ3v) is 0. The average molecular weight is 254 g/mol. The molecule has 0 saturated heterocycles. The quantitative estimate of drug-likeness (QED) is 0.403. The minimum atomic E-state index is -2.92. The Morgan fingerprint density at radius 2 is 0.556 bits per heavy atom. The fourth-order valence-electron chi connectivity index (χ4n) is 0. The summed E-state index contributed by atoms with van der Waals surface area (Å²) in [6.07, 6.45) is 0. The molecule has 0 radical (unpaired) electrons. The first-order valence-corrected chi connectivity index (χ1v) is 0.707. The van der Waals surface area contributed by atoms with E-state index in [2.05, 4.69) is 0 Å². The van der Waals surface area contributed by atoms with Crippen molar-refractivity contribution in [2.24, 2.45) is 0 Å². The molecule has 0 heterocycles. The first-order valence-electron chi connectivity index (χ1n) is 0.707. The average Bonchev–Trinajstić information content (AvgIpc) is 0.811. The minimum absolute atomic E-state index is 0. The van der Waals surface area contributed by atoms with Crippen molar-refractivity contribution in [3.63, 3.8) is 0 Å². The molecule has 0 unspecified atom stereocenters. The van der Waals surface area contributed by atoms with Crippen LogP contribution in [0.5, 0.6) is 0 Å². The van der Waals surface area contributed by atoms with Gasteiger partial charge in [0.15, 0.2) is 0 Å². The van der Waals surface area contributed by atoms with Crippen LogP contribution in [0.25, 0.3) is 0 Å². The zero-order valence-electron chi connectivity index (χ0n) is 6.80. The molecule has 9 heavy (non-hydrogen) atoms. The molecule has 0 aromatic rings. The molecular weight excluding hydrogens is 254 g/mol. The summed E-state index contributed by atoms with van der Waals surface area (Å²) in [6.45, 7) is 0. The first-order chi connectivity index (χ1) is 1.73. The van der Waals surface area contributed by atoms with E-state index in [1.807, 2.05) is 0 Å². The van der Waals surface area contributed by atoms with Crippen LogP contribution in [-0.4, -0.2) is 7.32 Å². The fraction of sp³-hybridized carbons (Fsp3) is 0. The summed E-state index contributed by atoms with van der Waals surface area (Å²) < 4.78 is 0. The Kier molecular flexibility index (Phi) is 119. The van der Waals surface area contributed by atoms with Crippen LogP contribution in [0, 0.1) is 0 Å². The van der Waals surface area contributed by atoms with Gasteiger partial charge in [-0.25, -0.2) is 0 Å². The van der Waals surface area contributed by atoms with Crippen molar-refractivity contribution in [1.82, 2.24) is 0 Å². The van der Waals surface area contributed by atoms with Gasteiger partial charge < -0.3 is 15.1 Å². The first kappa shape index (κ1) is 36.0. The Hall–Kier alpha value is 8.13. The molecule has 0 rings (SSSR count). The number of hydrogen-bond acceptors (Lipinski definition) is 3. The SMILES string of the molecule is [K+].[K+].[K+].[K+].[K+].[O-]B([O-])[O-]. The molecule has 0 amide bonds. The molecule has 0 aromatic carbocycles. The fourth-order valence-corrected chi connectivity index (χ4v) is 0. The molecular formula is BK5O3+2. The van der Waals surface area contributed by atoms with Crippen molar-refractivity contribution in [3.05, 3.63) is 0 Å². The minimum Gasteiger partial charge on any atom is -0.907 e. The van der Waals surface area contributed by atoms with Gasteiger partial charge in [-0.1, -0.05) is 0 Å². The predicted molar refractivity (Wildman–Crippen MR) is 5.75 cm³/mol. The summed E-state index contributed by atoms with van der Waals surface area (Å²) in [6, 6.07) is 0. The predicted octanol–water partition coefficient (Wildman–Crippen LogP) is -18.9. The van der Waals surface area contributed by atoms with Crippen LogP contribution in [0.4, 0.5) is 0 Å². The zero-order chi connectivity index (χ0) is 3.58. The van der Waals surface area contributed by atoms with E-state index in [-0.39, 0.29) is 257 Å². The topological polar surface area (TPSA) is 69.2 Å². The molecule has 9 heteroatoms. The summed E-state index contributed by atoms with van der Waals surface area (Å²) in [7, 11) is -2.92. The third-order valence-electron chi connectivity index (χ3n) is 0. The summed E-state index contributed by atoms with van der Waals surface area (Å²) in [5, 5.41) is 25.2. The van der Waals surface area contributed by atoms with Crippen molar-refractivity contribution in [2.45, 2.75) is 0 Å². The van der Waals surface area contributed by atoms with Gasteiger partial charge in [0.1, 0.15) is 0 Å². The third kappa shape index (κ3) is 48.7. The monoisotopic (exact) mass is 254 g/mol.